The number of rotatable bonds is 5. The van der Waals surface area contributed by atoms with E-state index in [4.69, 9.17) is 5.73 Å². The zero-order chi connectivity index (χ0) is 15.3. The summed E-state index contributed by atoms with van der Waals surface area (Å²) >= 11 is 0. The molecule has 5 heteroatoms. The van der Waals surface area contributed by atoms with Crippen LogP contribution in [0.25, 0.3) is 0 Å². The van der Waals surface area contributed by atoms with Gasteiger partial charge in [-0.1, -0.05) is 13.8 Å². The Hall–Kier alpha value is -2.04. The van der Waals surface area contributed by atoms with E-state index in [9.17, 15) is 9.59 Å². The highest BCUT2D eigenvalue weighted by molar-refractivity contribution is 5.97. The monoisotopic (exact) mass is 277 g/mol. The van der Waals surface area contributed by atoms with Crippen molar-refractivity contribution in [2.75, 3.05) is 25.9 Å². The summed E-state index contributed by atoms with van der Waals surface area (Å²) < 4.78 is 0. The van der Waals surface area contributed by atoms with Crippen molar-refractivity contribution >= 4 is 17.5 Å². The molecular weight excluding hydrogens is 254 g/mol. The molecule has 5 nitrogen and oxygen atoms in total. The van der Waals surface area contributed by atoms with Crippen LogP contribution in [0.15, 0.2) is 18.2 Å². The van der Waals surface area contributed by atoms with Gasteiger partial charge in [0, 0.05) is 24.8 Å². The zero-order valence-electron chi connectivity index (χ0n) is 12.6. The van der Waals surface area contributed by atoms with Crippen LogP contribution in [0, 0.1) is 12.8 Å². The number of hydrogen-bond donors (Lipinski definition) is 2. The molecule has 1 aromatic carbocycles. The summed E-state index contributed by atoms with van der Waals surface area (Å²) in [6.45, 7) is 6.53. The minimum Gasteiger partial charge on any atom is -0.399 e. The first-order valence-electron chi connectivity index (χ1n) is 6.69. The van der Waals surface area contributed by atoms with Crippen molar-refractivity contribution in [2.24, 2.45) is 5.92 Å². The van der Waals surface area contributed by atoms with Gasteiger partial charge in [0.2, 0.25) is 5.91 Å². The molecule has 0 spiro atoms. The Morgan fingerprint density at radius 3 is 2.55 bits per heavy atom. The van der Waals surface area contributed by atoms with Crippen LogP contribution in [-0.2, 0) is 4.79 Å². The van der Waals surface area contributed by atoms with Crippen LogP contribution >= 0.6 is 0 Å². The van der Waals surface area contributed by atoms with Crippen LogP contribution in [0.5, 0.6) is 0 Å². The molecule has 20 heavy (non-hydrogen) atoms. The number of nitrogens with zero attached hydrogens (tertiary/aromatic N) is 1. The summed E-state index contributed by atoms with van der Waals surface area (Å²) in [6, 6.07) is 5.13. The molecule has 0 fully saturated rings. The Bertz CT molecular complexity index is 498. The molecule has 3 N–H and O–H groups in total. The van der Waals surface area contributed by atoms with Crippen LogP contribution in [-0.4, -0.2) is 36.9 Å². The first kappa shape index (κ1) is 16.0. The second-order valence-electron chi connectivity index (χ2n) is 5.43. The molecule has 0 saturated carbocycles. The Balaban J connectivity index is 2.65. The maximum atomic E-state index is 12.3. The lowest BCUT2D eigenvalue weighted by Crippen LogP contribution is -2.39. The van der Waals surface area contributed by atoms with E-state index in [2.05, 4.69) is 5.32 Å². The Kier molecular flexibility index (Phi) is 5.55. The van der Waals surface area contributed by atoms with Gasteiger partial charge in [-0.15, -0.1) is 0 Å². The van der Waals surface area contributed by atoms with Gasteiger partial charge in [0.15, 0.2) is 0 Å². The number of anilines is 1. The quantitative estimate of drug-likeness (QED) is 0.799. The average Bonchev–Trinajstić information content (AvgIpc) is 2.35. The molecule has 0 atom stereocenters. The minimum absolute atomic E-state index is 0.0510. The Morgan fingerprint density at radius 2 is 2.00 bits per heavy atom. The number of nitrogen functional groups attached to an aromatic ring is 1. The van der Waals surface area contributed by atoms with E-state index in [1.165, 1.54) is 4.90 Å². The first-order valence-corrected chi connectivity index (χ1v) is 6.69. The van der Waals surface area contributed by atoms with Crippen molar-refractivity contribution in [2.45, 2.75) is 20.8 Å². The molecule has 0 saturated heterocycles. The SMILES string of the molecule is Cc1cc(N)ccc1C(=O)N(C)CC(=O)NCC(C)C. The standard InChI is InChI=1S/C15H23N3O2/c1-10(2)8-17-14(19)9-18(4)15(20)13-6-5-12(16)7-11(13)3/h5-7,10H,8-9,16H2,1-4H3,(H,17,19). The fourth-order valence-electron chi connectivity index (χ4n) is 1.79. The number of carbonyl (C=O) groups excluding carboxylic acids is 2. The molecule has 110 valence electrons. The highest BCUT2D eigenvalue weighted by atomic mass is 16.2. The molecular formula is C15H23N3O2. The molecule has 0 aliphatic carbocycles. The van der Waals surface area contributed by atoms with Crippen molar-refractivity contribution < 1.29 is 9.59 Å². The molecule has 0 aliphatic rings. The third-order valence-corrected chi connectivity index (χ3v) is 2.92. The summed E-state index contributed by atoms with van der Waals surface area (Å²) in [5, 5.41) is 2.79. The van der Waals surface area contributed by atoms with Crippen LogP contribution in [0.3, 0.4) is 0 Å². The second-order valence-corrected chi connectivity index (χ2v) is 5.43. The van der Waals surface area contributed by atoms with E-state index in [1.807, 2.05) is 20.8 Å². The molecule has 0 radical (unpaired) electrons. The van der Waals surface area contributed by atoms with Gasteiger partial charge in [-0.25, -0.2) is 0 Å². The summed E-state index contributed by atoms with van der Waals surface area (Å²) in [5.41, 5.74) is 7.66. The lowest BCUT2D eigenvalue weighted by atomic mass is 10.1. The molecule has 1 rings (SSSR count). The normalized spacial score (nSPS) is 10.4. The van der Waals surface area contributed by atoms with Crippen molar-refractivity contribution in [1.82, 2.24) is 10.2 Å². The maximum Gasteiger partial charge on any atom is 0.254 e. The second kappa shape index (κ2) is 6.93. The number of amides is 2. The van der Waals surface area contributed by atoms with E-state index < -0.39 is 0 Å². The van der Waals surface area contributed by atoms with Gasteiger partial charge in [-0.2, -0.15) is 0 Å². The van der Waals surface area contributed by atoms with E-state index in [0.717, 1.165) is 5.56 Å². The van der Waals surface area contributed by atoms with Crippen molar-refractivity contribution in [3.05, 3.63) is 29.3 Å². The maximum absolute atomic E-state index is 12.3. The molecule has 0 aliphatic heterocycles. The van der Waals surface area contributed by atoms with Crippen LogP contribution in [0.4, 0.5) is 5.69 Å². The number of likely N-dealkylation sites (N-methyl/N-ethyl adjacent to an activating group) is 1. The molecule has 2 amide bonds. The van der Waals surface area contributed by atoms with Crippen molar-refractivity contribution in [3.8, 4) is 0 Å². The van der Waals surface area contributed by atoms with Gasteiger partial charge in [-0.3, -0.25) is 9.59 Å². The summed E-state index contributed by atoms with van der Waals surface area (Å²) in [5.74, 6) is 0.0594. The van der Waals surface area contributed by atoms with Crippen LogP contribution < -0.4 is 11.1 Å². The third-order valence-electron chi connectivity index (χ3n) is 2.92. The van der Waals surface area contributed by atoms with Crippen molar-refractivity contribution in [3.63, 3.8) is 0 Å². The molecule has 0 heterocycles. The van der Waals surface area contributed by atoms with E-state index >= 15 is 0 Å². The van der Waals surface area contributed by atoms with Gasteiger partial charge < -0.3 is 16.0 Å². The molecule has 0 unspecified atom stereocenters. The number of nitrogens with two attached hydrogens (primary N) is 1. The number of hydrogen-bond acceptors (Lipinski definition) is 3. The van der Waals surface area contributed by atoms with Gasteiger partial charge in [-0.05, 0) is 36.6 Å². The largest absolute Gasteiger partial charge is 0.399 e. The van der Waals surface area contributed by atoms with Crippen molar-refractivity contribution in [1.29, 1.82) is 0 Å². The molecule has 0 bridgehead atoms. The lowest BCUT2D eigenvalue weighted by Gasteiger charge is -2.18. The Labute approximate surface area is 120 Å². The lowest BCUT2D eigenvalue weighted by molar-refractivity contribution is -0.121. The van der Waals surface area contributed by atoms with Crippen LogP contribution in [0.1, 0.15) is 29.8 Å². The highest BCUT2D eigenvalue weighted by Crippen LogP contribution is 2.14. The predicted octanol–water partition coefficient (Wildman–Crippen LogP) is 1.42. The number of carbonyl (C=O) groups is 2. The third kappa shape index (κ3) is 4.57. The number of benzene rings is 1. The van der Waals surface area contributed by atoms with Gasteiger partial charge in [0.1, 0.15) is 0 Å². The smallest absolute Gasteiger partial charge is 0.254 e. The number of aryl methyl sites for hydroxylation is 1. The highest BCUT2D eigenvalue weighted by Gasteiger charge is 2.16. The summed E-state index contributed by atoms with van der Waals surface area (Å²) in [4.78, 5) is 25.4. The summed E-state index contributed by atoms with van der Waals surface area (Å²) in [7, 11) is 1.62. The van der Waals surface area contributed by atoms with Gasteiger partial charge in [0.05, 0.1) is 6.54 Å². The fourth-order valence-corrected chi connectivity index (χ4v) is 1.79. The summed E-state index contributed by atoms with van der Waals surface area (Å²) in [6.07, 6.45) is 0. The van der Waals surface area contributed by atoms with E-state index in [0.29, 0.717) is 23.7 Å². The topological polar surface area (TPSA) is 75.4 Å². The molecule has 1 aromatic rings. The first-order chi connectivity index (χ1) is 9.31. The van der Waals surface area contributed by atoms with Crippen LogP contribution in [0.2, 0.25) is 0 Å². The average molecular weight is 277 g/mol. The van der Waals surface area contributed by atoms with Gasteiger partial charge in [0.25, 0.3) is 5.91 Å². The fraction of sp³-hybridized carbons (Fsp3) is 0.467. The molecule has 0 aromatic heterocycles. The van der Waals surface area contributed by atoms with E-state index in [1.54, 1.807) is 25.2 Å². The zero-order valence-corrected chi connectivity index (χ0v) is 12.6. The minimum atomic E-state index is -0.179. The predicted molar refractivity (Wildman–Crippen MR) is 80.4 cm³/mol. The Morgan fingerprint density at radius 1 is 1.35 bits per heavy atom. The van der Waals surface area contributed by atoms with E-state index in [-0.39, 0.29) is 18.4 Å². The van der Waals surface area contributed by atoms with Gasteiger partial charge >= 0.3 is 0 Å². The number of nitrogens with one attached hydrogen (secondary N) is 1.